The Morgan fingerprint density at radius 1 is 0.237 bits per heavy atom. The second-order valence-electron chi connectivity index (χ2n) is 16.3. The fraction of sp³-hybridized carbons (Fsp3) is 0.0526. The molecule has 0 unspecified atom stereocenters. The van der Waals surface area contributed by atoms with Gasteiger partial charge < -0.3 is 0 Å². The van der Waals surface area contributed by atoms with E-state index in [0.29, 0.717) is 0 Å². The zero-order valence-corrected chi connectivity index (χ0v) is 36.0. The molecule has 1 nitrogen and oxygen atoms in total. The van der Waals surface area contributed by atoms with E-state index in [4.69, 9.17) is 0 Å². The van der Waals surface area contributed by atoms with Crippen LogP contribution in [0.15, 0.2) is 231 Å². The van der Waals surface area contributed by atoms with Crippen molar-refractivity contribution in [1.82, 2.24) is 0 Å². The van der Waals surface area contributed by atoms with Crippen LogP contribution >= 0.6 is 0 Å². The first-order valence-electron chi connectivity index (χ1n) is 20.5. The van der Waals surface area contributed by atoms with Crippen LogP contribution in [0.25, 0.3) is 66.8 Å². The molecule has 0 amide bonds. The molecular formula is C57H47GeN. The van der Waals surface area contributed by atoms with Crippen molar-refractivity contribution < 1.29 is 0 Å². The van der Waals surface area contributed by atoms with Crippen LogP contribution in [-0.4, -0.2) is 13.3 Å². The zero-order valence-electron chi connectivity index (χ0n) is 33.9. The van der Waals surface area contributed by atoms with E-state index in [1.807, 2.05) is 0 Å². The first kappa shape index (κ1) is 37.9. The standard InChI is InChI=1S/C57H47GeN/c1-58(2,3)54-31-23-44(24-32-54)50-19-12-22-53(41-50)47-29-37-57(38-30-47)59(55-33-25-45(26-34-55)51-20-10-17-48(39-51)42-13-6-4-7-14-42)56-35-27-46(28-36-56)52-21-11-18-49(40-52)43-15-8-5-9-16-43/h4-41H,1-3H3. The predicted molar refractivity (Wildman–Crippen MR) is 257 cm³/mol. The quantitative estimate of drug-likeness (QED) is 0.124. The van der Waals surface area contributed by atoms with Gasteiger partial charge in [-0.25, -0.2) is 0 Å². The van der Waals surface area contributed by atoms with E-state index in [0.717, 1.165) is 17.1 Å². The van der Waals surface area contributed by atoms with Crippen LogP contribution in [-0.2, 0) is 0 Å². The number of nitrogens with zero attached hydrogens (tertiary/aromatic N) is 1. The van der Waals surface area contributed by atoms with Crippen molar-refractivity contribution in [3.63, 3.8) is 0 Å². The third kappa shape index (κ3) is 8.48. The Balaban J connectivity index is 1.05. The first-order chi connectivity index (χ1) is 28.9. The number of hydrogen-bond acceptors (Lipinski definition) is 1. The molecule has 0 aromatic heterocycles. The second-order valence-corrected chi connectivity index (χ2v) is 26.9. The number of benzene rings is 9. The van der Waals surface area contributed by atoms with E-state index in [9.17, 15) is 0 Å². The first-order valence-corrected chi connectivity index (χ1v) is 27.8. The molecule has 0 saturated carbocycles. The minimum atomic E-state index is -1.87. The Labute approximate surface area is 352 Å². The van der Waals surface area contributed by atoms with Gasteiger partial charge in [0.15, 0.2) is 0 Å². The molecule has 0 fully saturated rings. The average Bonchev–Trinajstić information content (AvgIpc) is 3.30. The van der Waals surface area contributed by atoms with Crippen molar-refractivity contribution >= 4 is 34.7 Å². The summed E-state index contributed by atoms with van der Waals surface area (Å²) in [5.74, 6) is 7.34. The van der Waals surface area contributed by atoms with Gasteiger partial charge in [-0.2, -0.15) is 0 Å². The molecule has 59 heavy (non-hydrogen) atoms. The number of anilines is 3. The third-order valence-corrected chi connectivity index (χ3v) is 15.6. The Morgan fingerprint density at radius 3 is 0.746 bits per heavy atom. The van der Waals surface area contributed by atoms with Crippen molar-refractivity contribution in [3.8, 4) is 66.8 Å². The predicted octanol–water partition coefficient (Wildman–Crippen LogP) is 15.7. The fourth-order valence-corrected chi connectivity index (χ4v) is 10.4. The molecule has 0 radical (unpaired) electrons. The summed E-state index contributed by atoms with van der Waals surface area (Å²) < 4.78 is 1.53. The molecule has 284 valence electrons. The van der Waals surface area contributed by atoms with E-state index in [2.05, 4.69) is 253 Å². The Hall–Kier alpha value is -6.68. The van der Waals surface area contributed by atoms with Gasteiger partial charge in [0.2, 0.25) is 0 Å². The Morgan fingerprint density at radius 2 is 0.475 bits per heavy atom. The van der Waals surface area contributed by atoms with Crippen molar-refractivity contribution in [3.05, 3.63) is 231 Å². The molecule has 9 aromatic rings. The topological polar surface area (TPSA) is 3.24 Å². The summed E-state index contributed by atoms with van der Waals surface area (Å²) in [6.07, 6.45) is 0. The summed E-state index contributed by atoms with van der Waals surface area (Å²) in [4.78, 5) is 2.36. The average molecular weight is 819 g/mol. The van der Waals surface area contributed by atoms with Crippen molar-refractivity contribution in [1.29, 1.82) is 0 Å². The van der Waals surface area contributed by atoms with E-state index in [-0.39, 0.29) is 0 Å². The van der Waals surface area contributed by atoms with Crippen molar-refractivity contribution in [2.24, 2.45) is 0 Å². The fourth-order valence-electron chi connectivity index (χ4n) is 7.91. The van der Waals surface area contributed by atoms with Crippen LogP contribution in [0, 0.1) is 0 Å². The van der Waals surface area contributed by atoms with Crippen LogP contribution in [0.3, 0.4) is 0 Å². The van der Waals surface area contributed by atoms with Crippen LogP contribution < -0.4 is 9.30 Å². The molecular weight excluding hydrogens is 771 g/mol. The molecule has 0 saturated heterocycles. The van der Waals surface area contributed by atoms with E-state index < -0.39 is 13.3 Å². The second kappa shape index (κ2) is 16.7. The number of rotatable bonds is 10. The van der Waals surface area contributed by atoms with Gasteiger partial charge >= 0.3 is 141 Å². The molecule has 0 aliphatic heterocycles. The van der Waals surface area contributed by atoms with Crippen LogP contribution in [0.2, 0.25) is 17.3 Å². The molecule has 9 rings (SSSR count). The van der Waals surface area contributed by atoms with Gasteiger partial charge in [-0.3, -0.25) is 0 Å². The summed E-state index contributed by atoms with van der Waals surface area (Å²) in [7, 11) is 0. The van der Waals surface area contributed by atoms with Gasteiger partial charge in [0.05, 0.1) is 0 Å². The maximum absolute atomic E-state index is 2.45. The van der Waals surface area contributed by atoms with Gasteiger partial charge in [-0.15, -0.1) is 0 Å². The normalized spacial score (nSPS) is 11.3. The Bertz CT molecular complexity index is 2670. The molecule has 0 spiro atoms. The SMILES string of the molecule is [CH3][Ge]([CH3])([CH3])[c]1ccc(-c2cccc(-c3ccc(N(c4ccc(-c5cccc(-c6ccccc6)c5)cc4)c4ccc(-c5cccc(-c6ccccc6)c5)cc4)cc3)c2)cc1. The zero-order chi connectivity index (χ0) is 40.2. The minimum absolute atomic E-state index is 1.10. The number of hydrogen-bond donors (Lipinski definition) is 0. The van der Waals surface area contributed by atoms with Gasteiger partial charge in [-0.05, 0) is 80.9 Å². The van der Waals surface area contributed by atoms with Gasteiger partial charge in [0.25, 0.3) is 0 Å². The van der Waals surface area contributed by atoms with Crippen LogP contribution in [0.1, 0.15) is 0 Å². The van der Waals surface area contributed by atoms with E-state index in [1.165, 1.54) is 71.2 Å². The summed E-state index contributed by atoms with van der Waals surface area (Å²) in [5.41, 5.74) is 17.9. The summed E-state index contributed by atoms with van der Waals surface area (Å²) in [6.45, 7) is 0. The summed E-state index contributed by atoms with van der Waals surface area (Å²) in [6, 6.07) is 84.0. The molecule has 0 atom stereocenters. The van der Waals surface area contributed by atoms with Gasteiger partial charge in [-0.1, -0.05) is 121 Å². The molecule has 9 aromatic carbocycles. The molecule has 0 N–H and O–H groups in total. The van der Waals surface area contributed by atoms with Crippen LogP contribution in [0.5, 0.6) is 0 Å². The summed E-state index contributed by atoms with van der Waals surface area (Å²) >= 11 is -1.87. The summed E-state index contributed by atoms with van der Waals surface area (Å²) in [5, 5.41) is 0. The third-order valence-electron chi connectivity index (χ3n) is 11.3. The maximum atomic E-state index is 2.45. The molecule has 2 heteroatoms. The van der Waals surface area contributed by atoms with Crippen LogP contribution in [0.4, 0.5) is 17.1 Å². The van der Waals surface area contributed by atoms with E-state index in [1.54, 1.807) is 0 Å². The van der Waals surface area contributed by atoms with Gasteiger partial charge in [0.1, 0.15) is 0 Å². The molecule has 0 aliphatic rings. The monoisotopic (exact) mass is 819 g/mol. The van der Waals surface area contributed by atoms with Gasteiger partial charge in [0, 0.05) is 11.4 Å². The molecule has 0 aliphatic carbocycles. The van der Waals surface area contributed by atoms with Crippen molar-refractivity contribution in [2.45, 2.75) is 17.3 Å². The van der Waals surface area contributed by atoms with E-state index >= 15 is 0 Å². The molecule has 0 bridgehead atoms. The van der Waals surface area contributed by atoms with Crippen molar-refractivity contribution in [2.75, 3.05) is 4.90 Å². The Kier molecular flexibility index (Phi) is 10.7. The molecule has 0 heterocycles.